The van der Waals surface area contributed by atoms with Crippen LogP contribution in [-0.2, 0) is 9.59 Å². The van der Waals surface area contributed by atoms with Crippen molar-refractivity contribution in [3.05, 3.63) is 60.2 Å². The number of hydrogen-bond donors (Lipinski definition) is 2. The van der Waals surface area contributed by atoms with Crippen LogP contribution in [-0.4, -0.2) is 36.5 Å². The number of anilines is 2. The van der Waals surface area contributed by atoms with Gasteiger partial charge in [0.15, 0.2) is 6.61 Å². The van der Waals surface area contributed by atoms with Gasteiger partial charge in [-0.15, -0.1) is 0 Å². The van der Waals surface area contributed by atoms with Crippen LogP contribution < -0.4 is 20.7 Å². The summed E-state index contributed by atoms with van der Waals surface area (Å²) in [6, 6.07) is 17.3. The van der Waals surface area contributed by atoms with E-state index in [2.05, 4.69) is 10.2 Å². The number of ether oxygens (including phenoxy) is 1. The number of aryl methyl sites for hydroxylation is 1. The van der Waals surface area contributed by atoms with E-state index in [0.717, 1.165) is 48.4 Å². The predicted octanol–water partition coefficient (Wildman–Crippen LogP) is 3.26. The molecule has 3 N–H and O–H groups in total. The number of primary amides is 1. The first-order valence-electron chi connectivity index (χ1n) is 10.4. The molecule has 0 unspecified atom stereocenters. The Labute approximate surface area is 181 Å². The van der Waals surface area contributed by atoms with Crippen molar-refractivity contribution in [2.45, 2.75) is 19.8 Å². The number of nitrogens with one attached hydrogen (secondary N) is 1. The van der Waals surface area contributed by atoms with Crippen molar-refractivity contribution >= 4 is 34.2 Å². The van der Waals surface area contributed by atoms with E-state index in [1.807, 2.05) is 61.5 Å². The fourth-order valence-electron chi connectivity index (χ4n) is 3.86. The minimum atomic E-state index is -0.231. The van der Waals surface area contributed by atoms with Gasteiger partial charge in [-0.2, -0.15) is 0 Å². The first-order valence-corrected chi connectivity index (χ1v) is 10.4. The van der Waals surface area contributed by atoms with Crippen molar-refractivity contribution in [1.82, 2.24) is 4.98 Å². The Morgan fingerprint density at radius 3 is 2.65 bits per heavy atom. The molecule has 2 amide bonds. The van der Waals surface area contributed by atoms with Gasteiger partial charge in [0.1, 0.15) is 17.1 Å². The summed E-state index contributed by atoms with van der Waals surface area (Å²) in [5.41, 5.74) is 7.96. The van der Waals surface area contributed by atoms with Crippen molar-refractivity contribution in [3.8, 4) is 5.75 Å². The molecule has 31 heavy (non-hydrogen) atoms. The molecule has 1 aliphatic rings. The monoisotopic (exact) mass is 418 g/mol. The van der Waals surface area contributed by atoms with Gasteiger partial charge in [0, 0.05) is 30.1 Å². The van der Waals surface area contributed by atoms with Gasteiger partial charge < -0.3 is 20.7 Å². The molecule has 2 heterocycles. The lowest BCUT2D eigenvalue weighted by molar-refractivity contribution is -0.122. The zero-order chi connectivity index (χ0) is 21.8. The van der Waals surface area contributed by atoms with Gasteiger partial charge >= 0.3 is 0 Å². The third-order valence-electron chi connectivity index (χ3n) is 5.55. The molecule has 1 aliphatic heterocycles. The van der Waals surface area contributed by atoms with Gasteiger partial charge in [-0.05, 0) is 55.7 Å². The lowest BCUT2D eigenvalue weighted by Gasteiger charge is -2.31. The third kappa shape index (κ3) is 4.94. The first-order chi connectivity index (χ1) is 15.0. The zero-order valence-corrected chi connectivity index (χ0v) is 17.5. The van der Waals surface area contributed by atoms with Crippen LogP contribution in [0.3, 0.4) is 0 Å². The Morgan fingerprint density at radius 1 is 1.13 bits per heavy atom. The second-order valence-electron chi connectivity index (χ2n) is 7.87. The van der Waals surface area contributed by atoms with Crippen LogP contribution in [0.1, 0.15) is 18.4 Å². The minimum Gasteiger partial charge on any atom is -0.481 e. The lowest BCUT2D eigenvalue weighted by atomic mass is 9.96. The van der Waals surface area contributed by atoms with Crippen LogP contribution in [0.25, 0.3) is 10.9 Å². The number of carbonyl (C=O) groups excluding carboxylic acids is 2. The molecule has 7 heteroatoms. The van der Waals surface area contributed by atoms with Gasteiger partial charge in [-0.3, -0.25) is 9.59 Å². The summed E-state index contributed by atoms with van der Waals surface area (Å²) >= 11 is 0. The summed E-state index contributed by atoms with van der Waals surface area (Å²) in [6.07, 6.45) is 1.46. The molecule has 1 saturated heterocycles. The number of pyridine rings is 1. The molecule has 0 saturated carbocycles. The topological polar surface area (TPSA) is 97.5 Å². The fraction of sp³-hybridized carbons (Fsp3) is 0.292. The number of rotatable bonds is 6. The highest BCUT2D eigenvalue weighted by Gasteiger charge is 2.24. The van der Waals surface area contributed by atoms with Crippen LogP contribution in [0.5, 0.6) is 5.75 Å². The zero-order valence-electron chi connectivity index (χ0n) is 17.5. The molecule has 2 aromatic carbocycles. The number of nitrogens with zero attached hydrogens (tertiary/aromatic N) is 2. The number of piperidine rings is 1. The summed E-state index contributed by atoms with van der Waals surface area (Å²) in [4.78, 5) is 30.7. The van der Waals surface area contributed by atoms with Gasteiger partial charge in [-0.25, -0.2) is 4.98 Å². The number of hydrogen-bond acceptors (Lipinski definition) is 5. The predicted molar refractivity (Wildman–Crippen MR) is 121 cm³/mol. The van der Waals surface area contributed by atoms with Crippen LogP contribution in [0.15, 0.2) is 54.6 Å². The lowest BCUT2D eigenvalue weighted by Crippen LogP contribution is -2.38. The maximum Gasteiger partial charge on any atom is 0.262 e. The molecule has 3 aromatic rings. The maximum atomic E-state index is 12.3. The Balaban J connectivity index is 1.46. The van der Waals surface area contributed by atoms with Crippen LogP contribution in [0.4, 0.5) is 11.5 Å². The van der Waals surface area contributed by atoms with Crippen LogP contribution in [0.2, 0.25) is 0 Å². The Hall–Kier alpha value is -3.61. The van der Waals surface area contributed by atoms with Crippen molar-refractivity contribution in [2.75, 3.05) is 29.9 Å². The summed E-state index contributed by atoms with van der Waals surface area (Å²) in [6.45, 7) is 3.33. The molecule has 4 rings (SSSR count). The van der Waals surface area contributed by atoms with E-state index in [1.165, 1.54) is 0 Å². The first kappa shape index (κ1) is 20.7. The van der Waals surface area contributed by atoms with E-state index in [9.17, 15) is 9.59 Å². The van der Waals surface area contributed by atoms with Crippen molar-refractivity contribution in [3.63, 3.8) is 0 Å². The van der Waals surface area contributed by atoms with Crippen molar-refractivity contribution < 1.29 is 14.3 Å². The summed E-state index contributed by atoms with van der Waals surface area (Å²) in [5.74, 6) is 0.863. The van der Waals surface area contributed by atoms with E-state index in [4.69, 9.17) is 15.5 Å². The van der Waals surface area contributed by atoms with Gasteiger partial charge in [0.05, 0.1) is 0 Å². The van der Waals surface area contributed by atoms with E-state index < -0.39 is 0 Å². The average Bonchev–Trinajstić information content (AvgIpc) is 2.77. The Bertz CT molecular complexity index is 1110. The van der Waals surface area contributed by atoms with Crippen molar-refractivity contribution in [1.29, 1.82) is 0 Å². The summed E-state index contributed by atoms with van der Waals surface area (Å²) in [7, 11) is 0. The number of nitrogens with two attached hydrogens (primary N) is 1. The Kier molecular flexibility index (Phi) is 6.02. The number of aromatic nitrogens is 1. The second kappa shape index (κ2) is 9.04. The van der Waals surface area contributed by atoms with E-state index in [-0.39, 0.29) is 24.3 Å². The Morgan fingerprint density at radius 2 is 1.90 bits per heavy atom. The molecule has 0 radical (unpaired) electrons. The number of carbonyl (C=O) groups is 2. The highest BCUT2D eigenvalue weighted by molar-refractivity contribution is 5.92. The van der Waals surface area contributed by atoms with Gasteiger partial charge in [-0.1, -0.05) is 24.3 Å². The molecule has 160 valence electrons. The number of fused-ring (bicyclic) bond motifs is 1. The summed E-state index contributed by atoms with van der Waals surface area (Å²) < 4.78 is 5.82. The molecule has 0 aliphatic carbocycles. The second-order valence-corrected chi connectivity index (χ2v) is 7.87. The van der Waals surface area contributed by atoms with Crippen molar-refractivity contribution in [2.24, 2.45) is 11.7 Å². The standard InChI is InChI=1S/C24H26N4O3/c1-16-4-2-6-19(14-16)26-22(29)15-31-20-7-3-5-17-8-9-21(27-23(17)20)28-12-10-18(11-13-28)24(25)30/h2-9,14,18H,10-13,15H2,1H3,(H2,25,30)(H,26,29). The highest BCUT2D eigenvalue weighted by Crippen LogP contribution is 2.28. The molecular formula is C24H26N4O3. The number of para-hydroxylation sites is 1. The van der Waals surface area contributed by atoms with Crippen LogP contribution >= 0.6 is 0 Å². The summed E-state index contributed by atoms with van der Waals surface area (Å²) in [5, 5.41) is 3.78. The fourth-order valence-corrected chi connectivity index (χ4v) is 3.86. The minimum absolute atomic E-state index is 0.0671. The quantitative estimate of drug-likeness (QED) is 0.640. The molecule has 1 fully saturated rings. The van der Waals surface area contributed by atoms with E-state index in [1.54, 1.807) is 0 Å². The maximum absolute atomic E-state index is 12.3. The van der Waals surface area contributed by atoms with E-state index in [0.29, 0.717) is 11.3 Å². The average molecular weight is 418 g/mol. The highest BCUT2D eigenvalue weighted by atomic mass is 16.5. The molecule has 7 nitrogen and oxygen atoms in total. The molecule has 0 spiro atoms. The van der Waals surface area contributed by atoms with E-state index >= 15 is 0 Å². The number of benzene rings is 2. The molecule has 1 aromatic heterocycles. The molecule has 0 atom stereocenters. The van der Waals surface area contributed by atoms with Gasteiger partial charge in [0.2, 0.25) is 5.91 Å². The normalized spacial score (nSPS) is 14.4. The molecular weight excluding hydrogens is 392 g/mol. The molecule has 0 bridgehead atoms. The van der Waals surface area contributed by atoms with Gasteiger partial charge in [0.25, 0.3) is 5.91 Å². The smallest absolute Gasteiger partial charge is 0.262 e. The van der Waals surface area contributed by atoms with Crippen LogP contribution in [0, 0.1) is 12.8 Å². The largest absolute Gasteiger partial charge is 0.481 e. The third-order valence-corrected chi connectivity index (χ3v) is 5.55. The number of amides is 2. The SMILES string of the molecule is Cc1cccc(NC(=O)COc2cccc3ccc(N4CCC(C(N)=O)CC4)nc23)c1.